The average Bonchev–Trinajstić information content (AvgIpc) is 2.76. The number of anilines is 3. The van der Waals surface area contributed by atoms with Crippen LogP contribution in [0.15, 0.2) is 60.8 Å². The zero-order chi connectivity index (χ0) is 20.9. The summed E-state index contributed by atoms with van der Waals surface area (Å²) in [6.07, 6.45) is 3.11. The highest BCUT2D eigenvalue weighted by Crippen LogP contribution is 2.21. The third-order valence-corrected chi connectivity index (χ3v) is 5.00. The van der Waals surface area contributed by atoms with Crippen LogP contribution in [-0.4, -0.2) is 35.0 Å². The summed E-state index contributed by atoms with van der Waals surface area (Å²) in [7, 11) is 0. The van der Waals surface area contributed by atoms with Crippen LogP contribution in [0.25, 0.3) is 0 Å². The highest BCUT2D eigenvalue weighted by Gasteiger charge is 2.23. The van der Waals surface area contributed by atoms with E-state index in [0.29, 0.717) is 36.1 Å². The highest BCUT2D eigenvalue weighted by atomic mass is 19.1. The summed E-state index contributed by atoms with van der Waals surface area (Å²) in [6, 6.07) is 13.6. The van der Waals surface area contributed by atoms with Crippen molar-refractivity contribution in [2.45, 2.75) is 18.9 Å². The van der Waals surface area contributed by atoms with Crippen molar-refractivity contribution in [3.05, 3.63) is 78.0 Å². The fourth-order valence-electron chi connectivity index (χ4n) is 3.36. The molecule has 6 nitrogen and oxygen atoms in total. The third-order valence-electron chi connectivity index (χ3n) is 5.00. The van der Waals surface area contributed by atoms with Gasteiger partial charge in [-0.1, -0.05) is 12.1 Å². The van der Waals surface area contributed by atoms with Crippen LogP contribution in [0.3, 0.4) is 0 Å². The Kier molecular flexibility index (Phi) is 5.83. The highest BCUT2D eigenvalue weighted by molar-refractivity contribution is 5.94. The molecule has 4 rings (SSSR count). The topological polar surface area (TPSA) is 70.2 Å². The first-order valence-corrected chi connectivity index (χ1v) is 9.74. The van der Waals surface area contributed by atoms with Crippen LogP contribution in [0.2, 0.25) is 0 Å². The van der Waals surface area contributed by atoms with Crippen molar-refractivity contribution in [3.8, 4) is 0 Å². The largest absolute Gasteiger partial charge is 0.349 e. The number of carbonyl (C=O) groups is 1. The van der Waals surface area contributed by atoms with E-state index in [1.54, 1.807) is 30.5 Å². The van der Waals surface area contributed by atoms with E-state index in [2.05, 4.69) is 20.6 Å². The zero-order valence-corrected chi connectivity index (χ0v) is 16.2. The van der Waals surface area contributed by atoms with Crippen LogP contribution in [0.1, 0.15) is 23.2 Å². The van der Waals surface area contributed by atoms with Crippen LogP contribution in [0.5, 0.6) is 0 Å². The smallest absolute Gasteiger partial charge is 0.251 e. The van der Waals surface area contributed by atoms with Crippen molar-refractivity contribution in [1.29, 1.82) is 0 Å². The van der Waals surface area contributed by atoms with Gasteiger partial charge in [-0.3, -0.25) is 4.79 Å². The van der Waals surface area contributed by atoms with Gasteiger partial charge in [-0.2, -0.15) is 4.98 Å². The zero-order valence-electron chi connectivity index (χ0n) is 16.2. The molecule has 0 bridgehead atoms. The normalized spacial score (nSPS) is 14.4. The lowest BCUT2D eigenvalue weighted by molar-refractivity contribution is 0.0931. The SMILES string of the molecule is O=C(NC1CCN(c2nccc(Nc3ccccc3F)n2)CC1)c1ccc(F)cc1. The molecule has 0 radical (unpaired) electrons. The minimum atomic E-state index is -0.369. The Hall–Kier alpha value is -3.55. The molecular formula is C22H21F2N5O. The number of aromatic nitrogens is 2. The molecule has 0 aliphatic carbocycles. The maximum Gasteiger partial charge on any atom is 0.251 e. The second kappa shape index (κ2) is 8.86. The molecule has 0 atom stereocenters. The van der Waals surface area contributed by atoms with Crippen LogP contribution in [0, 0.1) is 11.6 Å². The maximum absolute atomic E-state index is 13.9. The average molecular weight is 409 g/mol. The van der Waals surface area contributed by atoms with Crippen molar-refractivity contribution < 1.29 is 13.6 Å². The van der Waals surface area contributed by atoms with Crippen molar-refractivity contribution >= 4 is 23.4 Å². The summed E-state index contributed by atoms with van der Waals surface area (Å²) in [5.74, 6) is 0.138. The summed E-state index contributed by atoms with van der Waals surface area (Å²) < 4.78 is 26.9. The minimum absolute atomic E-state index is 0.0264. The Morgan fingerprint density at radius 3 is 2.47 bits per heavy atom. The standard InChI is InChI=1S/C22H21F2N5O/c23-16-7-5-15(6-8-16)21(30)26-17-10-13-29(14-11-17)22-25-12-9-20(28-22)27-19-4-2-1-3-18(19)24/h1-9,12,17H,10-11,13-14H2,(H,26,30)(H,25,27,28). The molecule has 0 saturated carbocycles. The molecule has 2 heterocycles. The molecule has 1 fully saturated rings. The van der Waals surface area contributed by atoms with E-state index in [4.69, 9.17) is 0 Å². The number of benzene rings is 2. The van der Waals surface area contributed by atoms with Gasteiger partial charge in [0.25, 0.3) is 5.91 Å². The van der Waals surface area contributed by atoms with E-state index < -0.39 is 0 Å². The number of halogens is 2. The van der Waals surface area contributed by atoms with Gasteiger partial charge in [0.05, 0.1) is 5.69 Å². The number of hydrogen-bond acceptors (Lipinski definition) is 5. The summed E-state index contributed by atoms with van der Waals surface area (Å²) in [4.78, 5) is 23.2. The van der Waals surface area contributed by atoms with Gasteiger partial charge >= 0.3 is 0 Å². The third kappa shape index (κ3) is 4.71. The number of carbonyl (C=O) groups excluding carboxylic acids is 1. The molecule has 1 aliphatic rings. The van der Waals surface area contributed by atoms with Gasteiger partial charge in [-0.15, -0.1) is 0 Å². The van der Waals surface area contributed by atoms with E-state index in [0.717, 1.165) is 12.8 Å². The van der Waals surface area contributed by atoms with E-state index >= 15 is 0 Å². The number of amides is 1. The summed E-state index contributed by atoms with van der Waals surface area (Å²) in [5.41, 5.74) is 0.790. The Morgan fingerprint density at radius 2 is 1.73 bits per heavy atom. The number of nitrogens with zero attached hydrogens (tertiary/aromatic N) is 3. The van der Waals surface area contributed by atoms with E-state index in [9.17, 15) is 13.6 Å². The molecular weight excluding hydrogens is 388 g/mol. The van der Waals surface area contributed by atoms with Gasteiger partial charge in [0.1, 0.15) is 17.5 Å². The molecule has 154 valence electrons. The van der Waals surface area contributed by atoms with Gasteiger partial charge in [0, 0.05) is 30.9 Å². The molecule has 2 N–H and O–H groups in total. The van der Waals surface area contributed by atoms with E-state index in [-0.39, 0.29) is 23.6 Å². The Labute approximate surface area is 173 Å². The number of piperidine rings is 1. The van der Waals surface area contributed by atoms with Gasteiger partial charge in [0.2, 0.25) is 5.95 Å². The molecule has 1 amide bonds. The number of nitrogens with one attached hydrogen (secondary N) is 2. The van der Waals surface area contributed by atoms with Gasteiger partial charge < -0.3 is 15.5 Å². The first-order chi connectivity index (χ1) is 14.6. The lowest BCUT2D eigenvalue weighted by atomic mass is 10.0. The van der Waals surface area contributed by atoms with E-state index in [1.807, 2.05) is 4.90 Å². The molecule has 8 heteroatoms. The van der Waals surface area contributed by atoms with Crippen molar-refractivity contribution in [2.75, 3.05) is 23.3 Å². The van der Waals surface area contributed by atoms with Crippen LogP contribution >= 0.6 is 0 Å². The summed E-state index contributed by atoms with van der Waals surface area (Å²) in [6.45, 7) is 1.36. The minimum Gasteiger partial charge on any atom is -0.349 e. The van der Waals surface area contributed by atoms with Crippen LogP contribution in [-0.2, 0) is 0 Å². The fraction of sp³-hybridized carbons (Fsp3) is 0.227. The first-order valence-electron chi connectivity index (χ1n) is 9.74. The van der Waals surface area contributed by atoms with Gasteiger partial charge in [-0.05, 0) is 55.3 Å². The lowest BCUT2D eigenvalue weighted by Gasteiger charge is -2.32. The molecule has 2 aromatic carbocycles. The Balaban J connectivity index is 1.34. The fourth-order valence-corrected chi connectivity index (χ4v) is 3.36. The number of para-hydroxylation sites is 1. The molecule has 0 unspecified atom stereocenters. The molecule has 1 aromatic heterocycles. The molecule has 30 heavy (non-hydrogen) atoms. The summed E-state index contributed by atoms with van der Waals surface area (Å²) in [5, 5.41) is 5.97. The first kappa shape index (κ1) is 19.8. The van der Waals surface area contributed by atoms with Crippen molar-refractivity contribution in [1.82, 2.24) is 15.3 Å². The van der Waals surface area contributed by atoms with E-state index in [1.165, 1.54) is 30.3 Å². The number of hydrogen-bond donors (Lipinski definition) is 2. The molecule has 1 aliphatic heterocycles. The van der Waals surface area contributed by atoms with Gasteiger partial charge in [-0.25, -0.2) is 13.8 Å². The molecule has 1 saturated heterocycles. The predicted molar refractivity (Wildman–Crippen MR) is 111 cm³/mol. The van der Waals surface area contributed by atoms with Crippen molar-refractivity contribution in [3.63, 3.8) is 0 Å². The number of rotatable bonds is 5. The van der Waals surface area contributed by atoms with Crippen LogP contribution < -0.4 is 15.5 Å². The Morgan fingerprint density at radius 1 is 1.00 bits per heavy atom. The molecule has 0 spiro atoms. The molecule has 3 aromatic rings. The predicted octanol–water partition coefficient (Wildman–Crippen LogP) is 3.90. The second-order valence-electron chi connectivity index (χ2n) is 7.09. The quantitative estimate of drug-likeness (QED) is 0.669. The van der Waals surface area contributed by atoms with Crippen molar-refractivity contribution in [2.24, 2.45) is 0 Å². The Bertz CT molecular complexity index is 1020. The summed E-state index contributed by atoms with van der Waals surface area (Å²) >= 11 is 0. The maximum atomic E-state index is 13.9. The van der Waals surface area contributed by atoms with Gasteiger partial charge in [0.15, 0.2) is 0 Å². The lowest BCUT2D eigenvalue weighted by Crippen LogP contribution is -2.45. The van der Waals surface area contributed by atoms with Crippen LogP contribution in [0.4, 0.5) is 26.2 Å². The monoisotopic (exact) mass is 409 g/mol. The second-order valence-corrected chi connectivity index (χ2v) is 7.09.